The Kier molecular flexibility index (Phi) is 3.27. The molecule has 1 aliphatic carbocycles. The number of amides is 2. The van der Waals surface area contributed by atoms with E-state index in [4.69, 9.17) is 9.52 Å². The van der Waals surface area contributed by atoms with Gasteiger partial charge in [-0.25, -0.2) is 9.59 Å². The highest BCUT2D eigenvalue weighted by Crippen LogP contribution is 2.32. The van der Waals surface area contributed by atoms with E-state index in [0.717, 1.165) is 6.42 Å². The van der Waals surface area contributed by atoms with Crippen LogP contribution in [0.2, 0.25) is 0 Å². The fourth-order valence-corrected chi connectivity index (χ4v) is 1.98. The van der Waals surface area contributed by atoms with Crippen molar-refractivity contribution in [2.24, 2.45) is 0 Å². The van der Waals surface area contributed by atoms with Gasteiger partial charge in [-0.1, -0.05) is 0 Å². The van der Waals surface area contributed by atoms with Crippen molar-refractivity contribution in [2.45, 2.75) is 37.8 Å². The maximum absolute atomic E-state index is 11.7. The molecule has 1 heterocycles. The third kappa shape index (κ3) is 2.32. The molecule has 1 aliphatic rings. The van der Waals surface area contributed by atoms with E-state index >= 15 is 0 Å². The largest absolute Gasteiger partial charge is 0.480 e. The number of carbonyl (C=O) groups excluding carboxylic acids is 1. The van der Waals surface area contributed by atoms with Crippen molar-refractivity contribution in [3.63, 3.8) is 0 Å². The van der Waals surface area contributed by atoms with Crippen LogP contribution in [0.1, 0.15) is 38.0 Å². The minimum absolute atomic E-state index is 0.300. The predicted octanol–water partition coefficient (Wildman–Crippen LogP) is 1.65. The summed E-state index contributed by atoms with van der Waals surface area (Å²) in [7, 11) is 0. The molecule has 3 N–H and O–H groups in total. The molecule has 1 aromatic rings. The molecule has 0 bridgehead atoms. The van der Waals surface area contributed by atoms with Crippen molar-refractivity contribution in [3.8, 4) is 0 Å². The Morgan fingerprint density at radius 3 is 2.67 bits per heavy atom. The summed E-state index contributed by atoms with van der Waals surface area (Å²) in [6, 6.07) is 2.70. The average Bonchev–Trinajstić information content (AvgIpc) is 2.76. The van der Waals surface area contributed by atoms with Crippen LogP contribution in [-0.2, 0) is 4.79 Å². The molecule has 2 amide bonds. The lowest BCUT2D eigenvalue weighted by molar-refractivity contribution is -0.148. The van der Waals surface area contributed by atoms with Crippen LogP contribution in [0.3, 0.4) is 0 Å². The molecule has 1 atom stereocenters. The number of urea groups is 1. The van der Waals surface area contributed by atoms with E-state index in [-0.39, 0.29) is 6.04 Å². The van der Waals surface area contributed by atoms with E-state index in [9.17, 15) is 9.59 Å². The Bertz CT molecular complexity index is 437. The fraction of sp³-hybridized carbons (Fsp3) is 0.500. The van der Waals surface area contributed by atoms with Gasteiger partial charge < -0.3 is 20.2 Å². The van der Waals surface area contributed by atoms with Crippen molar-refractivity contribution in [1.29, 1.82) is 0 Å². The lowest BCUT2D eigenvalue weighted by atomic mass is 9.77. The highest BCUT2D eigenvalue weighted by Gasteiger charge is 2.45. The number of aliphatic carboxylic acids is 1. The Balaban J connectivity index is 1.91. The summed E-state index contributed by atoms with van der Waals surface area (Å²) in [5, 5.41) is 14.3. The third-order valence-electron chi connectivity index (χ3n) is 3.29. The summed E-state index contributed by atoms with van der Waals surface area (Å²) in [5.41, 5.74) is -1.09. The third-order valence-corrected chi connectivity index (χ3v) is 3.29. The second-order valence-electron chi connectivity index (χ2n) is 4.58. The zero-order valence-electron chi connectivity index (χ0n) is 10.1. The highest BCUT2D eigenvalue weighted by molar-refractivity contribution is 5.87. The van der Waals surface area contributed by atoms with Crippen LogP contribution in [0.4, 0.5) is 4.79 Å². The summed E-state index contributed by atoms with van der Waals surface area (Å²) >= 11 is 0. The number of hydrogen-bond donors (Lipinski definition) is 3. The number of carbonyl (C=O) groups is 2. The molecule has 1 unspecified atom stereocenters. The van der Waals surface area contributed by atoms with Crippen molar-refractivity contribution in [3.05, 3.63) is 24.2 Å². The van der Waals surface area contributed by atoms with Gasteiger partial charge in [-0.2, -0.15) is 0 Å². The predicted molar refractivity (Wildman–Crippen MR) is 63.0 cm³/mol. The summed E-state index contributed by atoms with van der Waals surface area (Å²) in [5.74, 6) is -0.349. The van der Waals surface area contributed by atoms with Crippen LogP contribution in [0.15, 0.2) is 22.8 Å². The lowest BCUT2D eigenvalue weighted by Gasteiger charge is -2.38. The molecule has 98 valence electrons. The molecule has 0 aliphatic heterocycles. The first-order valence-electron chi connectivity index (χ1n) is 5.89. The number of furan rings is 1. The molecule has 0 spiro atoms. The Morgan fingerprint density at radius 2 is 2.22 bits per heavy atom. The molecule has 2 rings (SSSR count). The smallest absolute Gasteiger partial charge is 0.329 e. The second kappa shape index (κ2) is 4.72. The van der Waals surface area contributed by atoms with E-state index < -0.39 is 17.5 Å². The van der Waals surface area contributed by atoms with Gasteiger partial charge in [0.25, 0.3) is 0 Å². The van der Waals surface area contributed by atoms with Crippen LogP contribution >= 0.6 is 0 Å². The van der Waals surface area contributed by atoms with Crippen LogP contribution in [0.5, 0.6) is 0 Å². The van der Waals surface area contributed by atoms with Crippen molar-refractivity contribution < 1.29 is 19.1 Å². The molecule has 0 saturated heterocycles. The molecular formula is C12H16N2O4. The van der Waals surface area contributed by atoms with Gasteiger partial charge in [0.1, 0.15) is 11.3 Å². The van der Waals surface area contributed by atoms with E-state index in [2.05, 4.69) is 10.6 Å². The summed E-state index contributed by atoms with van der Waals surface area (Å²) in [6.07, 6.45) is 3.30. The molecule has 18 heavy (non-hydrogen) atoms. The minimum atomic E-state index is -1.09. The minimum Gasteiger partial charge on any atom is -0.480 e. The van der Waals surface area contributed by atoms with Gasteiger partial charge in [-0.3, -0.25) is 0 Å². The van der Waals surface area contributed by atoms with Crippen LogP contribution < -0.4 is 10.6 Å². The average molecular weight is 252 g/mol. The zero-order valence-corrected chi connectivity index (χ0v) is 10.1. The van der Waals surface area contributed by atoms with E-state index in [0.29, 0.717) is 18.6 Å². The molecule has 1 aromatic heterocycles. The Morgan fingerprint density at radius 1 is 1.50 bits per heavy atom. The normalized spacial score (nSPS) is 18.5. The summed E-state index contributed by atoms with van der Waals surface area (Å²) in [6.45, 7) is 1.77. The molecule has 6 heteroatoms. The zero-order chi connectivity index (χ0) is 13.2. The fourth-order valence-electron chi connectivity index (χ4n) is 1.98. The standard InChI is InChI=1S/C12H16N2O4/c1-8(9-4-2-7-18-9)13-11(17)14-12(10(15)16)5-3-6-12/h2,4,7-8H,3,5-6H2,1H3,(H,15,16)(H2,13,14,17). The van der Waals surface area contributed by atoms with Gasteiger partial charge in [-0.05, 0) is 38.3 Å². The highest BCUT2D eigenvalue weighted by atomic mass is 16.4. The van der Waals surface area contributed by atoms with Crippen LogP contribution in [-0.4, -0.2) is 22.6 Å². The Labute approximate surface area is 104 Å². The maximum Gasteiger partial charge on any atom is 0.329 e. The van der Waals surface area contributed by atoms with Gasteiger partial charge >= 0.3 is 12.0 Å². The number of rotatable bonds is 4. The molecule has 0 radical (unpaired) electrons. The quantitative estimate of drug-likeness (QED) is 0.759. The lowest BCUT2D eigenvalue weighted by Crippen LogP contribution is -2.61. The number of carboxylic acids is 1. The van der Waals surface area contributed by atoms with Crippen LogP contribution in [0, 0.1) is 0 Å². The molecule has 1 saturated carbocycles. The SMILES string of the molecule is CC(NC(=O)NC1(C(=O)O)CCC1)c1ccco1. The van der Waals surface area contributed by atoms with Crippen molar-refractivity contribution in [2.75, 3.05) is 0 Å². The second-order valence-corrected chi connectivity index (χ2v) is 4.58. The molecule has 1 fully saturated rings. The van der Waals surface area contributed by atoms with Gasteiger partial charge in [0.05, 0.1) is 12.3 Å². The van der Waals surface area contributed by atoms with Gasteiger partial charge in [-0.15, -0.1) is 0 Å². The number of hydrogen-bond acceptors (Lipinski definition) is 3. The van der Waals surface area contributed by atoms with Gasteiger partial charge in [0, 0.05) is 0 Å². The topological polar surface area (TPSA) is 91.6 Å². The summed E-state index contributed by atoms with van der Waals surface area (Å²) in [4.78, 5) is 22.8. The van der Waals surface area contributed by atoms with Crippen LogP contribution in [0.25, 0.3) is 0 Å². The number of nitrogens with one attached hydrogen (secondary N) is 2. The van der Waals surface area contributed by atoms with Crippen molar-refractivity contribution in [1.82, 2.24) is 10.6 Å². The molecule has 0 aromatic carbocycles. The number of carboxylic acid groups (broad SMARTS) is 1. The molecular weight excluding hydrogens is 236 g/mol. The maximum atomic E-state index is 11.7. The van der Waals surface area contributed by atoms with Gasteiger partial charge in [0.2, 0.25) is 0 Å². The van der Waals surface area contributed by atoms with Gasteiger partial charge in [0.15, 0.2) is 0 Å². The first-order valence-corrected chi connectivity index (χ1v) is 5.89. The van der Waals surface area contributed by atoms with E-state index in [1.54, 1.807) is 19.1 Å². The summed E-state index contributed by atoms with van der Waals surface area (Å²) < 4.78 is 5.16. The Hall–Kier alpha value is -1.98. The molecule has 6 nitrogen and oxygen atoms in total. The first kappa shape index (κ1) is 12.5. The van der Waals surface area contributed by atoms with Crippen molar-refractivity contribution >= 4 is 12.0 Å². The van der Waals surface area contributed by atoms with E-state index in [1.807, 2.05) is 0 Å². The first-order chi connectivity index (χ1) is 8.53. The monoisotopic (exact) mass is 252 g/mol. The van der Waals surface area contributed by atoms with E-state index in [1.165, 1.54) is 6.26 Å².